The molecule has 0 aliphatic heterocycles. The van der Waals surface area contributed by atoms with Crippen LogP contribution < -0.4 is 5.32 Å². The average Bonchev–Trinajstić information content (AvgIpc) is 2.44. The highest BCUT2D eigenvalue weighted by atomic mass is 16.6. The monoisotopic (exact) mass is 317 g/mol. The van der Waals surface area contributed by atoms with Gasteiger partial charge in [-0.3, -0.25) is 4.79 Å². The largest absolute Gasteiger partial charge is 0.444 e. The second-order valence-electron chi connectivity index (χ2n) is 6.85. The maximum Gasteiger partial charge on any atom is 0.407 e. The molecule has 0 unspecified atom stereocenters. The lowest BCUT2D eigenvalue weighted by atomic mass is 9.75. The maximum absolute atomic E-state index is 12.3. The van der Waals surface area contributed by atoms with E-state index in [1.54, 1.807) is 33.8 Å². The van der Waals surface area contributed by atoms with Crippen LogP contribution in [0.25, 0.3) is 0 Å². The van der Waals surface area contributed by atoms with Crippen molar-refractivity contribution in [1.82, 2.24) is 5.32 Å². The Labute approximate surface area is 138 Å². The van der Waals surface area contributed by atoms with E-state index in [0.717, 1.165) is 5.56 Å². The number of benzene rings is 1. The van der Waals surface area contributed by atoms with Gasteiger partial charge in [0.1, 0.15) is 11.4 Å². The van der Waals surface area contributed by atoms with Gasteiger partial charge in [0, 0.05) is 6.54 Å². The number of rotatable bonds is 7. The van der Waals surface area contributed by atoms with Crippen LogP contribution in [0, 0.1) is 5.41 Å². The van der Waals surface area contributed by atoms with Gasteiger partial charge in [-0.25, -0.2) is 4.79 Å². The van der Waals surface area contributed by atoms with Crippen molar-refractivity contribution in [2.75, 3.05) is 6.54 Å². The first-order valence-corrected chi connectivity index (χ1v) is 7.81. The van der Waals surface area contributed by atoms with Gasteiger partial charge in [0.2, 0.25) is 0 Å². The number of carbonyl (C=O) groups excluding carboxylic acids is 2. The zero-order valence-electron chi connectivity index (χ0n) is 14.5. The Bertz CT molecular complexity index is 545. The Balaban J connectivity index is 2.89. The van der Waals surface area contributed by atoms with Gasteiger partial charge in [-0.05, 0) is 46.1 Å². The number of hydrogen-bond donors (Lipinski definition) is 1. The van der Waals surface area contributed by atoms with E-state index in [1.165, 1.54) is 0 Å². The number of ether oxygens (including phenoxy) is 1. The molecule has 0 bridgehead atoms. The van der Waals surface area contributed by atoms with E-state index < -0.39 is 17.1 Å². The summed E-state index contributed by atoms with van der Waals surface area (Å²) in [5, 5.41) is 2.74. The van der Waals surface area contributed by atoms with E-state index in [-0.39, 0.29) is 12.3 Å². The summed E-state index contributed by atoms with van der Waals surface area (Å²) < 4.78 is 5.25. The molecule has 0 saturated carbocycles. The molecule has 1 aromatic rings. The summed E-state index contributed by atoms with van der Waals surface area (Å²) in [7, 11) is 0. The van der Waals surface area contributed by atoms with Crippen LogP contribution in [0.4, 0.5) is 4.79 Å². The second kappa shape index (κ2) is 7.95. The first kappa shape index (κ1) is 18.9. The van der Waals surface area contributed by atoms with Crippen molar-refractivity contribution in [1.29, 1.82) is 0 Å². The SMILES string of the molecule is C=CC[C@@](CNC(=O)OC(C)(C)C)(Cc1ccccc1)C(C)=O. The number of ketones is 1. The van der Waals surface area contributed by atoms with Crippen LogP contribution >= 0.6 is 0 Å². The molecule has 0 heterocycles. The molecule has 0 fully saturated rings. The van der Waals surface area contributed by atoms with Crippen LogP contribution in [-0.2, 0) is 16.0 Å². The molecule has 1 rings (SSSR count). The Morgan fingerprint density at radius 3 is 2.30 bits per heavy atom. The fraction of sp³-hybridized carbons (Fsp3) is 0.474. The number of amides is 1. The molecule has 1 atom stereocenters. The average molecular weight is 317 g/mol. The smallest absolute Gasteiger partial charge is 0.407 e. The Hall–Kier alpha value is -2.10. The number of nitrogens with one attached hydrogen (secondary N) is 1. The van der Waals surface area contributed by atoms with E-state index >= 15 is 0 Å². The number of carbonyl (C=O) groups is 2. The van der Waals surface area contributed by atoms with Gasteiger partial charge in [-0.15, -0.1) is 6.58 Å². The molecular weight excluding hydrogens is 290 g/mol. The van der Waals surface area contributed by atoms with Crippen molar-refractivity contribution in [2.45, 2.75) is 46.1 Å². The maximum atomic E-state index is 12.3. The standard InChI is InChI=1S/C19H27NO3/c1-6-12-19(15(2)21,13-16-10-8-7-9-11-16)14-20-17(22)23-18(3,4)5/h6-11H,1,12-14H2,2-5H3,(H,20,22)/t19-/m0/s1. The van der Waals surface area contributed by atoms with Gasteiger partial charge >= 0.3 is 6.09 Å². The Kier molecular flexibility index (Phi) is 6.55. The molecule has 0 saturated heterocycles. The van der Waals surface area contributed by atoms with Crippen LogP contribution in [-0.4, -0.2) is 24.0 Å². The van der Waals surface area contributed by atoms with Gasteiger partial charge in [0.15, 0.2) is 0 Å². The third-order valence-electron chi connectivity index (χ3n) is 3.64. The molecule has 4 nitrogen and oxygen atoms in total. The third-order valence-corrected chi connectivity index (χ3v) is 3.64. The molecule has 0 radical (unpaired) electrons. The van der Waals surface area contributed by atoms with E-state index in [0.29, 0.717) is 12.8 Å². The lowest BCUT2D eigenvalue weighted by Crippen LogP contribution is -2.45. The third kappa shape index (κ3) is 6.27. The van der Waals surface area contributed by atoms with Crippen molar-refractivity contribution in [3.05, 3.63) is 48.6 Å². The first-order valence-electron chi connectivity index (χ1n) is 7.81. The molecule has 126 valence electrons. The summed E-state index contributed by atoms with van der Waals surface area (Å²) in [5.74, 6) is 0.0253. The zero-order chi connectivity index (χ0) is 17.5. The first-order chi connectivity index (χ1) is 10.7. The molecule has 1 N–H and O–H groups in total. The van der Waals surface area contributed by atoms with E-state index in [9.17, 15) is 9.59 Å². The van der Waals surface area contributed by atoms with Crippen LogP contribution in [0.1, 0.15) is 39.7 Å². The van der Waals surface area contributed by atoms with Crippen LogP contribution in [0.3, 0.4) is 0 Å². The minimum Gasteiger partial charge on any atom is -0.444 e. The summed E-state index contributed by atoms with van der Waals surface area (Å²) in [6.07, 6.45) is 2.25. The van der Waals surface area contributed by atoms with Gasteiger partial charge in [-0.2, -0.15) is 0 Å². The molecule has 0 aromatic heterocycles. The number of Topliss-reactive ketones (excluding diaryl/α,β-unsaturated/α-hetero) is 1. The fourth-order valence-electron chi connectivity index (χ4n) is 2.42. The van der Waals surface area contributed by atoms with E-state index in [1.807, 2.05) is 30.3 Å². The molecule has 1 amide bonds. The fourth-order valence-corrected chi connectivity index (χ4v) is 2.42. The van der Waals surface area contributed by atoms with Gasteiger partial charge in [0.25, 0.3) is 0 Å². The molecule has 0 spiro atoms. The second-order valence-corrected chi connectivity index (χ2v) is 6.85. The van der Waals surface area contributed by atoms with Crippen molar-refractivity contribution >= 4 is 11.9 Å². The number of alkyl carbamates (subject to hydrolysis) is 1. The molecular formula is C19H27NO3. The minimum absolute atomic E-state index is 0.0253. The summed E-state index contributed by atoms with van der Waals surface area (Å²) >= 11 is 0. The number of allylic oxidation sites excluding steroid dienone is 1. The van der Waals surface area contributed by atoms with Gasteiger partial charge in [-0.1, -0.05) is 36.4 Å². The van der Waals surface area contributed by atoms with E-state index in [2.05, 4.69) is 11.9 Å². The van der Waals surface area contributed by atoms with Crippen LogP contribution in [0.5, 0.6) is 0 Å². The molecule has 23 heavy (non-hydrogen) atoms. The van der Waals surface area contributed by atoms with Gasteiger partial charge in [0.05, 0.1) is 5.41 Å². The lowest BCUT2D eigenvalue weighted by Gasteiger charge is -2.31. The predicted octanol–water partition coefficient (Wildman–Crippen LogP) is 3.91. The highest BCUT2D eigenvalue weighted by Crippen LogP contribution is 2.29. The highest BCUT2D eigenvalue weighted by molar-refractivity contribution is 5.84. The molecule has 1 aromatic carbocycles. The Morgan fingerprint density at radius 2 is 1.83 bits per heavy atom. The van der Waals surface area contributed by atoms with Crippen molar-refractivity contribution < 1.29 is 14.3 Å². The number of hydrogen-bond acceptors (Lipinski definition) is 3. The highest BCUT2D eigenvalue weighted by Gasteiger charge is 2.35. The normalized spacial score (nSPS) is 13.7. The van der Waals surface area contributed by atoms with E-state index in [4.69, 9.17) is 4.74 Å². The molecule has 4 heteroatoms. The van der Waals surface area contributed by atoms with Crippen molar-refractivity contribution in [3.8, 4) is 0 Å². The molecule has 0 aliphatic carbocycles. The zero-order valence-corrected chi connectivity index (χ0v) is 14.5. The Morgan fingerprint density at radius 1 is 1.22 bits per heavy atom. The van der Waals surface area contributed by atoms with Gasteiger partial charge < -0.3 is 10.1 Å². The molecule has 0 aliphatic rings. The summed E-state index contributed by atoms with van der Waals surface area (Å²) in [4.78, 5) is 24.2. The quantitative estimate of drug-likeness (QED) is 0.776. The summed E-state index contributed by atoms with van der Waals surface area (Å²) in [6, 6.07) is 9.78. The summed E-state index contributed by atoms with van der Waals surface area (Å²) in [6.45, 7) is 11.0. The van der Waals surface area contributed by atoms with Crippen molar-refractivity contribution in [3.63, 3.8) is 0 Å². The van der Waals surface area contributed by atoms with Crippen molar-refractivity contribution in [2.24, 2.45) is 5.41 Å². The summed E-state index contributed by atoms with van der Waals surface area (Å²) in [5.41, 5.74) is -0.226. The topological polar surface area (TPSA) is 55.4 Å². The predicted molar refractivity (Wildman–Crippen MR) is 92.3 cm³/mol. The van der Waals surface area contributed by atoms with Crippen LogP contribution in [0.15, 0.2) is 43.0 Å². The lowest BCUT2D eigenvalue weighted by molar-refractivity contribution is -0.126. The van der Waals surface area contributed by atoms with Crippen LogP contribution in [0.2, 0.25) is 0 Å². The minimum atomic E-state index is -0.708.